The normalized spacial score (nSPS) is 16.3. The van der Waals surface area contributed by atoms with Gasteiger partial charge in [0.1, 0.15) is 23.2 Å². The van der Waals surface area contributed by atoms with Gasteiger partial charge in [-0.25, -0.2) is 14.4 Å². The molecule has 1 aliphatic rings. The van der Waals surface area contributed by atoms with Crippen LogP contribution in [-0.4, -0.2) is 47.7 Å². The van der Waals surface area contributed by atoms with Gasteiger partial charge in [0.05, 0.1) is 19.3 Å². The van der Waals surface area contributed by atoms with Crippen molar-refractivity contribution in [3.05, 3.63) is 66.2 Å². The third-order valence-corrected chi connectivity index (χ3v) is 5.36. The van der Waals surface area contributed by atoms with E-state index in [2.05, 4.69) is 20.2 Å². The minimum absolute atomic E-state index is 0.0638. The zero-order chi connectivity index (χ0) is 19.6. The third kappa shape index (κ3) is 3.54. The quantitative estimate of drug-likeness (QED) is 0.554. The van der Waals surface area contributed by atoms with E-state index >= 15 is 0 Å². The van der Waals surface area contributed by atoms with E-state index in [-0.39, 0.29) is 11.9 Å². The first-order chi connectivity index (χ1) is 14.3. The summed E-state index contributed by atoms with van der Waals surface area (Å²) in [6.07, 6.45) is 1.55. The molecule has 7 heteroatoms. The van der Waals surface area contributed by atoms with Crippen LogP contribution in [0.4, 0.5) is 10.2 Å². The van der Waals surface area contributed by atoms with Crippen molar-refractivity contribution in [1.82, 2.24) is 14.9 Å². The molecule has 29 heavy (non-hydrogen) atoms. The van der Waals surface area contributed by atoms with E-state index in [1.807, 2.05) is 36.4 Å². The van der Waals surface area contributed by atoms with E-state index in [1.54, 1.807) is 6.33 Å². The molecule has 0 aliphatic carbocycles. The lowest BCUT2D eigenvalue weighted by Gasteiger charge is -2.35. The largest absolute Gasteiger partial charge is 0.450 e. The van der Waals surface area contributed by atoms with Gasteiger partial charge in [0.2, 0.25) is 0 Å². The van der Waals surface area contributed by atoms with Gasteiger partial charge in [0, 0.05) is 25.0 Å². The van der Waals surface area contributed by atoms with Gasteiger partial charge in [-0.15, -0.1) is 0 Å². The van der Waals surface area contributed by atoms with Gasteiger partial charge < -0.3 is 14.5 Å². The Hall–Kier alpha value is -3.03. The number of hydrogen-bond acceptors (Lipinski definition) is 6. The molecule has 1 unspecified atom stereocenters. The number of morpholine rings is 1. The number of furan rings is 1. The SMILES string of the molecule is Fc1ccc(C(CNc2ncnc3c2oc2ccccc23)N2CCOCC2)cc1. The van der Waals surface area contributed by atoms with Crippen LogP contribution in [0, 0.1) is 5.82 Å². The maximum absolute atomic E-state index is 13.4. The smallest absolute Gasteiger partial charge is 0.196 e. The summed E-state index contributed by atoms with van der Waals surface area (Å²) in [5.74, 6) is 0.425. The Bertz CT molecular complexity index is 1120. The molecule has 0 amide bonds. The van der Waals surface area contributed by atoms with Crippen molar-refractivity contribution in [3.63, 3.8) is 0 Å². The Balaban J connectivity index is 1.45. The molecule has 1 atom stereocenters. The van der Waals surface area contributed by atoms with Crippen molar-refractivity contribution in [2.45, 2.75) is 6.04 Å². The van der Waals surface area contributed by atoms with E-state index in [1.165, 1.54) is 12.1 Å². The van der Waals surface area contributed by atoms with E-state index in [4.69, 9.17) is 9.15 Å². The minimum Gasteiger partial charge on any atom is -0.450 e. The number of aromatic nitrogens is 2. The molecule has 2 aromatic carbocycles. The molecule has 0 saturated carbocycles. The number of nitrogens with one attached hydrogen (secondary N) is 1. The molecular weight excluding hydrogens is 371 g/mol. The van der Waals surface area contributed by atoms with Crippen molar-refractivity contribution in [2.75, 3.05) is 38.2 Å². The topological polar surface area (TPSA) is 63.4 Å². The lowest BCUT2D eigenvalue weighted by atomic mass is 10.0. The minimum atomic E-state index is -0.234. The summed E-state index contributed by atoms with van der Waals surface area (Å²) in [6, 6.07) is 14.6. The fourth-order valence-electron chi connectivity index (χ4n) is 3.87. The lowest BCUT2D eigenvalue weighted by Crippen LogP contribution is -2.41. The van der Waals surface area contributed by atoms with E-state index in [0.29, 0.717) is 31.2 Å². The zero-order valence-electron chi connectivity index (χ0n) is 15.8. The van der Waals surface area contributed by atoms with Gasteiger partial charge in [0.15, 0.2) is 11.4 Å². The van der Waals surface area contributed by atoms with E-state index in [9.17, 15) is 4.39 Å². The first-order valence-electron chi connectivity index (χ1n) is 9.73. The Morgan fingerprint density at radius 3 is 2.66 bits per heavy atom. The van der Waals surface area contributed by atoms with Crippen LogP contribution in [-0.2, 0) is 4.74 Å². The van der Waals surface area contributed by atoms with Crippen LogP contribution in [0.5, 0.6) is 0 Å². The molecule has 6 nitrogen and oxygen atoms in total. The number of benzene rings is 2. The van der Waals surface area contributed by atoms with Crippen molar-refractivity contribution in [3.8, 4) is 0 Å². The van der Waals surface area contributed by atoms with Crippen LogP contribution in [0.2, 0.25) is 0 Å². The van der Waals surface area contributed by atoms with E-state index < -0.39 is 0 Å². The highest BCUT2D eigenvalue weighted by Gasteiger charge is 2.23. The summed E-state index contributed by atoms with van der Waals surface area (Å²) in [6.45, 7) is 3.65. The molecule has 1 aliphatic heterocycles. The van der Waals surface area contributed by atoms with Crippen molar-refractivity contribution in [1.29, 1.82) is 0 Å². The van der Waals surface area contributed by atoms with Gasteiger partial charge in [-0.2, -0.15) is 0 Å². The summed E-state index contributed by atoms with van der Waals surface area (Å²) in [4.78, 5) is 11.2. The van der Waals surface area contributed by atoms with Crippen LogP contribution < -0.4 is 5.32 Å². The van der Waals surface area contributed by atoms with Gasteiger partial charge in [-0.1, -0.05) is 24.3 Å². The van der Waals surface area contributed by atoms with E-state index in [0.717, 1.165) is 35.1 Å². The zero-order valence-corrected chi connectivity index (χ0v) is 15.8. The maximum atomic E-state index is 13.4. The van der Waals surface area contributed by atoms with Gasteiger partial charge in [-0.05, 0) is 29.8 Å². The molecule has 0 bridgehead atoms. The van der Waals surface area contributed by atoms with Crippen molar-refractivity contribution in [2.24, 2.45) is 0 Å². The Labute approximate surface area is 167 Å². The van der Waals surface area contributed by atoms with Gasteiger partial charge >= 0.3 is 0 Å². The molecule has 4 aromatic rings. The fraction of sp³-hybridized carbons (Fsp3) is 0.273. The molecule has 0 radical (unpaired) electrons. The summed E-state index contributed by atoms with van der Waals surface area (Å²) >= 11 is 0. The summed E-state index contributed by atoms with van der Waals surface area (Å²) in [5, 5.41) is 4.41. The molecule has 148 valence electrons. The van der Waals surface area contributed by atoms with Crippen LogP contribution >= 0.6 is 0 Å². The number of rotatable bonds is 5. The van der Waals surface area contributed by atoms with Crippen LogP contribution in [0.25, 0.3) is 22.1 Å². The Kier molecular flexibility index (Phi) is 4.83. The summed E-state index contributed by atoms with van der Waals surface area (Å²) < 4.78 is 25.0. The highest BCUT2D eigenvalue weighted by Crippen LogP contribution is 2.31. The Morgan fingerprint density at radius 2 is 1.83 bits per heavy atom. The first kappa shape index (κ1) is 18.0. The second-order valence-electron chi connectivity index (χ2n) is 7.09. The number of fused-ring (bicyclic) bond motifs is 3. The molecule has 1 saturated heterocycles. The molecule has 5 rings (SSSR count). The average molecular weight is 392 g/mol. The summed E-state index contributed by atoms with van der Waals surface area (Å²) in [5.41, 5.74) is 3.28. The van der Waals surface area contributed by atoms with Crippen LogP contribution in [0.3, 0.4) is 0 Å². The molecule has 1 fully saturated rings. The maximum Gasteiger partial charge on any atom is 0.196 e. The van der Waals surface area contributed by atoms with Crippen LogP contribution in [0.15, 0.2) is 59.3 Å². The third-order valence-electron chi connectivity index (χ3n) is 5.36. The van der Waals surface area contributed by atoms with Gasteiger partial charge in [0.25, 0.3) is 0 Å². The van der Waals surface area contributed by atoms with Crippen molar-refractivity contribution < 1.29 is 13.5 Å². The number of hydrogen-bond donors (Lipinski definition) is 1. The van der Waals surface area contributed by atoms with Crippen LogP contribution in [0.1, 0.15) is 11.6 Å². The fourth-order valence-corrected chi connectivity index (χ4v) is 3.87. The summed E-state index contributed by atoms with van der Waals surface area (Å²) in [7, 11) is 0. The van der Waals surface area contributed by atoms with Gasteiger partial charge in [-0.3, -0.25) is 4.90 Å². The highest BCUT2D eigenvalue weighted by atomic mass is 19.1. The number of para-hydroxylation sites is 1. The van der Waals surface area contributed by atoms with Crippen molar-refractivity contribution >= 4 is 27.9 Å². The average Bonchev–Trinajstić information content (AvgIpc) is 3.15. The number of anilines is 1. The Morgan fingerprint density at radius 1 is 1.03 bits per heavy atom. The number of ether oxygens (including phenoxy) is 1. The molecular formula is C22H21FN4O2. The highest BCUT2D eigenvalue weighted by molar-refractivity contribution is 6.05. The molecule has 2 aromatic heterocycles. The molecule has 1 N–H and O–H groups in total. The number of nitrogens with zero attached hydrogens (tertiary/aromatic N) is 3. The number of halogens is 1. The second kappa shape index (κ2) is 7.77. The molecule has 0 spiro atoms. The lowest BCUT2D eigenvalue weighted by molar-refractivity contribution is 0.0187. The monoisotopic (exact) mass is 392 g/mol. The predicted octanol–water partition coefficient (Wildman–Crippen LogP) is 4.00. The predicted molar refractivity (Wildman–Crippen MR) is 109 cm³/mol. The first-order valence-corrected chi connectivity index (χ1v) is 9.73. The molecule has 3 heterocycles. The second-order valence-corrected chi connectivity index (χ2v) is 7.09. The standard InChI is InChI=1S/C22H21FN4O2/c23-16-7-5-15(6-8-16)18(27-9-11-28-12-10-27)13-24-22-21-20(25-14-26-22)17-3-1-2-4-19(17)29-21/h1-8,14,18H,9-13H2,(H,24,25,26).